The van der Waals surface area contributed by atoms with E-state index < -0.39 is 151 Å². The SMILES string of the molecule is NC(N)=NCCCC(NC(=O)C1CC2CCCCC2N1C(=O)[C@H](NC(=O)C(CO)NC(=O)C(NC(=O)CNC(=O)[C@@H]1C[C@@H](O)CN1C(=O)C1CCCN1C(=O)C(CCCN=C(N)N)NC(=O)[C@H](N)CCCN=C(N)N)C1Cc2ccccc2C1)C1Cc2ccccc2C1)C(=O)O. The minimum atomic E-state index is -1.68. The lowest BCUT2D eigenvalue weighted by atomic mass is 9.84. The molecule has 0 radical (unpaired) electrons. The Hall–Kier alpha value is -9.17. The van der Waals surface area contributed by atoms with Gasteiger partial charge in [0.05, 0.1) is 25.3 Å². The van der Waals surface area contributed by atoms with Crippen molar-refractivity contribution in [1.29, 1.82) is 0 Å². The number of aliphatic carboxylic acids is 1. The highest BCUT2D eigenvalue weighted by Crippen LogP contribution is 2.42. The topological polar surface area (TPSA) is 533 Å². The van der Waals surface area contributed by atoms with Gasteiger partial charge in [-0.2, -0.15) is 0 Å². The summed E-state index contributed by atoms with van der Waals surface area (Å²) in [5.41, 5.74) is 42.7. The number of carboxylic acids is 1. The minimum absolute atomic E-state index is 0.00231. The summed E-state index contributed by atoms with van der Waals surface area (Å²) in [6.07, 6.45) is 4.82. The van der Waals surface area contributed by atoms with Crippen molar-refractivity contribution in [3.8, 4) is 0 Å². The summed E-state index contributed by atoms with van der Waals surface area (Å²) < 4.78 is 0. The fourth-order valence-corrected chi connectivity index (χ4v) is 14.5. The molecule has 6 aliphatic rings. The minimum Gasteiger partial charge on any atom is -0.480 e. The number of aliphatic hydroxyl groups is 2. The molecule has 3 aliphatic carbocycles. The van der Waals surface area contributed by atoms with Gasteiger partial charge in [0.1, 0.15) is 48.3 Å². The lowest BCUT2D eigenvalue weighted by Crippen LogP contribution is -2.62. The number of hydrogen-bond acceptors (Lipinski definition) is 16. The molecule has 524 valence electrons. The van der Waals surface area contributed by atoms with Crippen LogP contribution in [0.15, 0.2) is 63.5 Å². The van der Waals surface area contributed by atoms with E-state index in [2.05, 4.69) is 46.9 Å². The second-order valence-corrected chi connectivity index (χ2v) is 26.0. The zero-order valence-corrected chi connectivity index (χ0v) is 54.0. The summed E-state index contributed by atoms with van der Waals surface area (Å²) in [7, 11) is 0. The number of carbonyl (C=O) groups excluding carboxylic acids is 9. The molecule has 8 unspecified atom stereocenters. The molecule has 2 aromatic carbocycles. The van der Waals surface area contributed by atoms with Gasteiger partial charge in [-0.3, -0.25) is 58.1 Å². The van der Waals surface area contributed by atoms with Crippen LogP contribution in [-0.4, -0.2) is 219 Å². The molecule has 3 heterocycles. The lowest BCUT2D eigenvalue weighted by molar-refractivity contribution is -0.148. The first-order valence-corrected chi connectivity index (χ1v) is 33.2. The van der Waals surface area contributed by atoms with Crippen LogP contribution in [0.25, 0.3) is 0 Å². The summed E-state index contributed by atoms with van der Waals surface area (Å²) in [5, 5.41) is 48.3. The number of amides is 9. The average Bonchev–Trinajstić information content (AvgIpc) is 1.62. The fourth-order valence-electron chi connectivity index (χ4n) is 14.5. The molecule has 9 amide bonds. The van der Waals surface area contributed by atoms with Gasteiger partial charge in [0.25, 0.3) is 0 Å². The van der Waals surface area contributed by atoms with Crippen molar-refractivity contribution in [1.82, 2.24) is 46.6 Å². The molecule has 0 spiro atoms. The van der Waals surface area contributed by atoms with Crippen LogP contribution in [0.3, 0.4) is 0 Å². The highest BCUT2D eigenvalue weighted by Gasteiger charge is 2.52. The van der Waals surface area contributed by atoms with Gasteiger partial charge in [-0.05, 0) is 136 Å². The number of carboxylic acid groups (broad SMARTS) is 1. The summed E-state index contributed by atoms with van der Waals surface area (Å²) >= 11 is 0. The Morgan fingerprint density at radius 2 is 1.09 bits per heavy atom. The van der Waals surface area contributed by atoms with Crippen molar-refractivity contribution in [3.05, 3.63) is 70.8 Å². The number of nitrogens with two attached hydrogens (primary N) is 7. The monoisotopic (exact) mass is 1340 g/mol. The van der Waals surface area contributed by atoms with Gasteiger partial charge < -0.3 is 102 Å². The van der Waals surface area contributed by atoms with Gasteiger partial charge in [0.2, 0.25) is 53.2 Å². The molecule has 2 aromatic rings. The molecule has 23 N–H and O–H groups in total. The molecule has 96 heavy (non-hydrogen) atoms. The quantitative estimate of drug-likeness (QED) is 0.0191. The van der Waals surface area contributed by atoms with Crippen LogP contribution in [0.5, 0.6) is 0 Å². The predicted molar refractivity (Wildman–Crippen MR) is 352 cm³/mol. The molecule has 8 rings (SSSR count). The number of hydrogen-bond donors (Lipinski definition) is 16. The Kier molecular flexibility index (Phi) is 25.7. The highest BCUT2D eigenvalue weighted by molar-refractivity contribution is 5.99. The average molecular weight is 1340 g/mol. The molecular weight excluding hydrogens is 1240 g/mol. The maximum absolute atomic E-state index is 15.5. The first-order valence-electron chi connectivity index (χ1n) is 33.2. The lowest BCUT2D eigenvalue weighted by Gasteiger charge is -2.38. The normalized spacial score (nSPS) is 22.3. The van der Waals surface area contributed by atoms with Crippen LogP contribution in [0.4, 0.5) is 0 Å². The number of benzene rings is 2. The van der Waals surface area contributed by atoms with Crippen molar-refractivity contribution in [2.24, 2.45) is 72.9 Å². The predicted octanol–water partition coefficient (Wildman–Crippen LogP) is -4.97. The number of β-amino-alcohol motifs (C(OH)–C–C–N with tert-alkyl or cyclic N) is 1. The van der Waals surface area contributed by atoms with Crippen molar-refractivity contribution in [3.63, 3.8) is 0 Å². The van der Waals surface area contributed by atoms with Crippen molar-refractivity contribution < 1.29 is 63.3 Å². The Morgan fingerprint density at radius 1 is 0.552 bits per heavy atom. The van der Waals surface area contributed by atoms with Gasteiger partial charge in [-0.1, -0.05) is 61.4 Å². The summed E-state index contributed by atoms with van der Waals surface area (Å²) in [4.78, 5) is 158. The third-order valence-electron chi connectivity index (χ3n) is 19.3. The van der Waals surface area contributed by atoms with E-state index in [0.717, 1.165) is 46.4 Å². The maximum Gasteiger partial charge on any atom is 0.326 e. The van der Waals surface area contributed by atoms with E-state index in [9.17, 15) is 58.5 Å². The summed E-state index contributed by atoms with van der Waals surface area (Å²) in [5.74, 6) is -9.52. The van der Waals surface area contributed by atoms with Gasteiger partial charge in [0, 0.05) is 45.2 Å². The third kappa shape index (κ3) is 18.9. The smallest absolute Gasteiger partial charge is 0.326 e. The van der Waals surface area contributed by atoms with E-state index in [1.165, 1.54) is 9.80 Å². The molecule has 3 aliphatic heterocycles. The molecule has 32 nitrogen and oxygen atoms in total. The van der Waals surface area contributed by atoms with Crippen molar-refractivity contribution in [2.45, 2.75) is 182 Å². The standard InChI is InChI=1S/C64H95N19O13/c65-42(16-7-21-72-62(66)67)53(87)76-43(17-8-22-73-63(68)69)58(92)81-24-10-20-47(81)59(93)82-32-41(85)30-48(82)55(89)75-31-50(86)79-51(39-25-34-11-1-2-12-35(34)26-39)57(91)78-45(33-84)54(88)80-52(40-27-36-13-3-4-14-37(36)28-40)60(94)83-46-19-6-5-15-38(46)29-49(83)56(90)77-44(61(95)96)18-9-23-74-64(70)71/h1-4,11-14,38-49,51-52,84-85H,5-10,15-33,65H2,(H,75,89)(H,76,87)(H,77,90)(H,78,91)(H,79,86)(H,80,88)(H,95,96)(H4,66,67,72)(H4,68,69,73)(H4,70,71,74)/t38?,41-,42-,43?,44?,45?,46?,47?,48+,49?,51?,52-/m1/s1. The Labute approximate surface area is 556 Å². The summed E-state index contributed by atoms with van der Waals surface area (Å²) in [6, 6.07) is 3.25. The van der Waals surface area contributed by atoms with Crippen LogP contribution in [-0.2, 0) is 73.6 Å². The van der Waals surface area contributed by atoms with Crippen LogP contribution >= 0.6 is 0 Å². The van der Waals surface area contributed by atoms with Gasteiger partial charge in [-0.15, -0.1) is 0 Å². The van der Waals surface area contributed by atoms with Crippen molar-refractivity contribution >= 4 is 77.0 Å². The molecule has 4 fully saturated rings. The van der Waals surface area contributed by atoms with Crippen molar-refractivity contribution in [2.75, 3.05) is 45.9 Å². The number of aliphatic hydroxyl groups excluding tert-OH is 2. The zero-order valence-electron chi connectivity index (χ0n) is 54.0. The maximum atomic E-state index is 15.5. The molecule has 12 atom stereocenters. The number of aliphatic imine (C=N–C) groups is 3. The zero-order chi connectivity index (χ0) is 69.3. The van der Waals surface area contributed by atoms with E-state index in [0.29, 0.717) is 44.9 Å². The largest absolute Gasteiger partial charge is 0.480 e. The van der Waals surface area contributed by atoms with E-state index in [-0.39, 0.29) is 108 Å². The Bertz CT molecular complexity index is 3200. The first kappa shape index (κ1) is 72.7. The van der Waals surface area contributed by atoms with Crippen LogP contribution in [0, 0.1) is 17.8 Å². The molecule has 1 saturated carbocycles. The highest BCUT2D eigenvalue weighted by atomic mass is 16.4. The second kappa shape index (κ2) is 34.0. The third-order valence-corrected chi connectivity index (χ3v) is 19.3. The van der Waals surface area contributed by atoms with Crippen LogP contribution in [0.1, 0.15) is 112 Å². The van der Waals surface area contributed by atoms with E-state index in [4.69, 9.17) is 40.1 Å². The van der Waals surface area contributed by atoms with E-state index >= 15 is 4.79 Å². The molecule has 3 saturated heterocycles. The number of guanidine groups is 3. The van der Waals surface area contributed by atoms with Gasteiger partial charge in [0.15, 0.2) is 17.9 Å². The van der Waals surface area contributed by atoms with E-state index in [1.807, 2.05) is 48.5 Å². The first-order chi connectivity index (χ1) is 45.9. The van der Waals surface area contributed by atoms with E-state index in [1.54, 1.807) is 0 Å². The molecule has 32 heteroatoms. The number of carbonyl (C=O) groups is 10. The Balaban J connectivity index is 0.950. The Morgan fingerprint density at radius 3 is 1.66 bits per heavy atom. The van der Waals surface area contributed by atoms with Crippen LogP contribution < -0.4 is 72.0 Å². The summed E-state index contributed by atoms with van der Waals surface area (Å²) in [6.45, 7) is -1.34. The van der Waals surface area contributed by atoms with Gasteiger partial charge >= 0.3 is 5.97 Å². The number of nitrogens with one attached hydrogen (secondary N) is 6. The fraction of sp³-hybridized carbons (Fsp3) is 0.609. The second-order valence-electron chi connectivity index (χ2n) is 26.0. The molecule has 0 aromatic heterocycles. The number of rotatable bonds is 31. The number of nitrogens with zero attached hydrogens (tertiary/aromatic N) is 6. The number of likely N-dealkylation sites (tertiary alicyclic amines) is 3. The number of fused-ring (bicyclic) bond motifs is 3. The van der Waals surface area contributed by atoms with Crippen LogP contribution in [0.2, 0.25) is 0 Å². The molecule has 0 bridgehead atoms. The van der Waals surface area contributed by atoms with Gasteiger partial charge in [-0.25, -0.2) is 4.79 Å². The molecular formula is C64H95N19O13.